The monoisotopic (exact) mass is 435 g/mol. The van der Waals surface area contributed by atoms with Gasteiger partial charge >= 0.3 is 6.09 Å². The second-order valence-electron chi connectivity index (χ2n) is 9.64. The smallest absolute Gasteiger partial charge is 0.410 e. The first-order valence-electron chi connectivity index (χ1n) is 11.4. The number of carbonyl (C=O) groups excluding carboxylic acids is 1. The van der Waals surface area contributed by atoms with Crippen molar-refractivity contribution in [3.8, 4) is 6.01 Å². The van der Waals surface area contributed by atoms with Crippen LogP contribution in [-0.4, -0.2) is 45.8 Å². The number of aryl methyl sites for hydroxylation is 1. The first-order chi connectivity index (χ1) is 15.3. The normalized spacial score (nSPS) is 16.9. The third-order valence-corrected chi connectivity index (χ3v) is 5.83. The lowest BCUT2D eigenvalue weighted by Gasteiger charge is -2.33. The van der Waals surface area contributed by atoms with Crippen molar-refractivity contribution in [1.29, 1.82) is 0 Å². The Labute approximate surface area is 190 Å². The van der Waals surface area contributed by atoms with Gasteiger partial charge in [0.05, 0.1) is 24.2 Å². The molecule has 1 amide bonds. The summed E-state index contributed by atoms with van der Waals surface area (Å²) in [7, 11) is 0. The van der Waals surface area contributed by atoms with Crippen molar-refractivity contribution in [3.63, 3.8) is 0 Å². The number of rotatable bonds is 5. The van der Waals surface area contributed by atoms with Gasteiger partial charge in [0.15, 0.2) is 0 Å². The van der Waals surface area contributed by atoms with Crippen LogP contribution in [0.5, 0.6) is 6.01 Å². The van der Waals surface area contributed by atoms with E-state index in [-0.39, 0.29) is 12.0 Å². The molecule has 1 aromatic heterocycles. The van der Waals surface area contributed by atoms with Crippen molar-refractivity contribution in [1.82, 2.24) is 14.5 Å². The minimum absolute atomic E-state index is 0.242. The second-order valence-corrected chi connectivity index (χ2v) is 9.64. The van der Waals surface area contributed by atoms with E-state index in [0.29, 0.717) is 25.7 Å². The summed E-state index contributed by atoms with van der Waals surface area (Å²) >= 11 is 0. The van der Waals surface area contributed by atoms with Crippen LogP contribution in [-0.2, 0) is 11.3 Å². The van der Waals surface area contributed by atoms with E-state index in [4.69, 9.17) is 14.5 Å². The molecule has 32 heavy (non-hydrogen) atoms. The lowest BCUT2D eigenvalue weighted by atomic mass is 9.99. The van der Waals surface area contributed by atoms with Gasteiger partial charge in [-0.15, -0.1) is 0 Å². The Morgan fingerprint density at radius 2 is 1.88 bits per heavy atom. The molecule has 170 valence electrons. The first-order valence-corrected chi connectivity index (χ1v) is 11.4. The summed E-state index contributed by atoms with van der Waals surface area (Å²) in [6.07, 6.45) is 1.73. The van der Waals surface area contributed by atoms with Gasteiger partial charge in [0.1, 0.15) is 5.60 Å². The van der Waals surface area contributed by atoms with Gasteiger partial charge in [-0.2, -0.15) is 4.98 Å². The minimum Gasteiger partial charge on any atom is -0.464 e. The molecule has 3 aromatic rings. The largest absolute Gasteiger partial charge is 0.464 e. The van der Waals surface area contributed by atoms with Crippen LogP contribution in [0, 0.1) is 12.8 Å². The molecule has 1 unspecified atom stereocenters. The number of aromatic nitrogens is 2. The highest BCUT2D eigenvalue weighted by molar-refractivity contribution is 5.76. The molecule has 0 radical (unpaired) electrons. The van der Waals surface area contributed by atoms with Crippen LogP contribution in [0.2, 0.25) is 0 Å². The van der Waals surface area contributed by atoms with Crippen LogP contribution in [0.3, 0.4) is 0 Å². The Morgan fingerprint density at radius 1 is 1.12 bits per heavy atom. The predicted octanol–water partition coefficient (Wildman–Crippen LogP) is 5.42. The van der Waals surface area contributed by atoms with Crippen molar-refractivity contribution < 1.29 is 14.3 Å². The zero-order valence-electron chi connectivity index (χ0n) is 19.5. The number of carbonyl (C=O) groups is 1. The fourth-order valence-electron chi connectivity index (χ4n) is 4.16. The highest BCUT2D eigenvalue weighted by atomic mass is 16.6. The number of ether oxygens (including phenoxy) is 2. The molecule has 2 aromatic carbocycles. The maximum atomic E-state index is 12.5. The molecule has 6 heteroatoms. The van der Waals surface area contributed by atoms with E-state index in [1.165, 1.54) is 11.1 Å². The van der Waals surface area contributed by atoms with Gasteiger partial charge in [-0.3, -0.25) is 4.57 Å². The Kier molecular flexibility index (Phi) is 6.40. The molecule has 1 aliphatic heterocycles. The van der Waals surface area contributed by atoms with Crippen molar-refractivity contribution in [2.75, 3.05) is 19.7 Å². The van der Waals surface area contributed by atoms with Gasteiger partial charge in [0.25, 0.3) is 6.01 Å². The second kappa shape index (κ2) is 9.23. The Hall–Kier alpha value is -3.02. The molecule has 4 rings (SSSR count). The fraction of sp³-hybridized carbons (Fsp3) is 0.462. The van der Waals surface area contributed by atoms with Crippen LogP contribution in [0.15, 0.2) is 48.5 Å². The molecule has 0 bridgehead atoms. The molecule has 1 atom stereocenters. The van der Waals surface area contributed by atoms with Gasteiger partial charge in [-0.1, -0.05) is 36.4 Å². The highest BCUT2D eigenvalue weighted by Crippen LogP contribution is 2.26. The quantitative estimate of drug-likeness (QED) is 0.537. The SMILES string of the molecule is Cc1ccccc1Cn1c(OCC2CCCN(C(=O)OC(C)(C)C)C2)nc2ccccc21. The van der Waals surface area contributed by atoms with Crippen LogP contribution >= 0.6 is 0 Å². The molecule has 0 N–H and O–H groups in total. The van der Waals surface area contributed by atoms with E-state index in [0.717, 1.165) is 30.4 Å². The Bertz CT molecular complexity index is 1080. The summed E-state index contributed by atoms with van der Waals surface area (Å²) in [6, 6.07) is 17.1. The predicted molar refractivity (Wildman–Crippen MR) is 126 cm³/mol. The molecule has 0 aliphatic carbocycles. The zero-order chi connectivity index (χ0) is 22.7. The lowest BCUT2D eigenvalue weighted by molar-refractivity contribution is 0.0136. The van der Waals surface area contributed by atoms with E-state index < -0.39 is 5.60 Å². The van der Waals surface area contributed by atoms with E-state index in [1.54, 1.807) is 4.90 Å². The number of para-hydroxylation sites is 2. The van der Waals surface area contributed by atoms with E-state index in [2.05, 4.69) is 41.8 Å². The summed E-state index contributed by atoms with van der Waals surface area (Å²) in [6.45, 7) is 10.4. The number of nitrogens with zero attached hydrogens (tertiary/aromatic N) is 3. The molecule has 0 saturated carbocycles. The summed E-state index contributed by atoms with van der Waals surface area (Å²) in [5.41, 5.74) is 3.99. The van der Waals surface area contributed by atoms with Gasteiger partial charge in [-0.25, -0.2) is 4.79 Å². The molecular formula is C26H33N3O3. The Balaban J connectivity index is 1.48. The Morgan fingerprint density at radius 3 is 2.66 bits per heavy atom. The van der Waals surface area contributed by atoms with Gasteiger partial charge in [0.2, 0.25) is 0 Å². The molecule has 1 aliphatic rings. The number of benzene rings is 2. The van der Waals surface area contributed by atoms with Gasteiger partial charge in [-0.05, 0) is 63.8 Å². The van der Waals surface area contributed by atoms with E-state index in [1.807, 2.05) is 39.0 Å². The van der Waals surface area contributed by atoms with Crippen LogP contribution < -0.4 is 4.74 Å². The molecule has 2 heterocycles. The van der Waals surface area contributed by atoms with Crippen molar-refractivity contribution in [3.05, 3.63) is 59.7 Å². The molecular weight excluding hydrogens is 402 g/mol. The average Bonchev–Trinajstić information content (AvgIpc) is 3.10. The van der Waals surface area contributed by atoms with Gasteiger partial charge in [0, 0.05) is 19.0 Å². The lowest BCUT2D eigenvalue weighted by Crippen LogP contribution is -2.44. The number of likely N-dealkylation sites (tertiary alicyclic amines) is 1. The maximum absolute atomic E-state index is 12.5. The standard InChI is InChI=1S/C26H33N3O3/c1-19-10-5-6-12-21(19)17-29-23-14-8-7-13-22(23)27-24(29)31-18-20-11-9-15-28(16-20)25(30)32-26(2,3)4/h5-8,10,12-14,20H,9,11,15-18H2,1-4H3. The fourth-order valence-corrected chi connectivity index (χ4v) is 4.16. The zero-order valence-corrected chi connectivity index (χ0v) is 19.5. The third-order valence-electron chi connectivity index (χ3n) is 5.83. The third kappa shape index (κ3) is 5.23. The average molecular weight is 436 g/mol. The minimum atomic E-state index is -0.485. The van der Waals surface area contributed by atoms with Gasteiger partial charge < -0.3 is 14.4 Å². The maximum Gasteiger partial charge on any atom is 0.410 e. The van der Waals surface area contributed by atoms with Crippen molar-refractivity contribution in [2.45, 2.75) is 52.7 Å². The number of amides is 1. The summed E-state index contributed by atoms with van der Waals surface area (Å²) in [5, 5.41) is 0. The molecule has 0 spiro atoms. The van der Waals surface area contributed by atoms with E-state index >= 15 is 0 Å². The van der Waals surface area contributed by atoms with Crippen LogP contribution in [0.25, 0.3) is 11.0 Å². The molecule has 1 saturated heterocycles. The van der Waals surface area contributed by atoms with Crippen LogP contribution in [0.4, 0.5) is 4.79 Å². The molecule has 1 fully saturated rings. The van der Waals surface area contributed by atoms with Crippen LogP contribution in [0.1, 0.15) is 44.7 Å². The highest BCUT2D eigenvalue weighted by Gasteiger charge is 2.28. The first kappa shape index (κ1) is 22.2. The summed E-state index contributed by atoms with van der Waals surface area (Å²) < 4.78 is 14.0. The number of imidazole rings is 1. The number of fused-ring (bicyclic) bond motifs is 1. The number of hydrogen-bond donors (Lipinski definition) is 0. The topological polar surface area (TPSA) is 56.6 Å². The number of hydrogen-bond acceptors (Lipinski definition) is 4. The van der Waals surface area contributed by atoms with E-state index in [9.17, 15) is 4.79 Å². The number of piperidine rings is 1. The summed E-state index contributed by atoms with van der Waals surface area (Å²) in [5.74, 6) is 0.253. The van der Waals surface area contributed by atoms with Crippen molar-refractivity contribution in [2.24, 2.45) is 5.92 Å². The van der Waals surface area contributed by atoms with Crippen molar-refractivity contribution >= 4 is 17.1 Å². The summed E-state index contributed by atoms with van der Waals surface area (Å²) in [4.78, 5) is 19.1. The molecule has 6 nitrogen and oxygen atoms in total.